The monoisotopic (exact) mass is 309 g/mol. The molecule has 0 saturated carbocycles. The zero-order valence-electron chi connectivity index (χ0n) is 10.8. The number of halogens is 1. The highest BCUT2D eigenvalue weighted by atomic mass is 32.2. The minimum absolute atomic E-state index is 0.0428. The van der Waals surface area contributed by atoms with E-state index in [1.165, 1.54) is 36.7 Å². The summed E-state index contributed by atoms with van der Waals surface area (Å²) in [5.41, 5.74) is 0.624. The van der Waals surface area contributed by atoms with E-state index in [2.05, 4.69) is 15.3 Å². The molecule has 2 N–H and O–H groups in total. The Morgan fingerprint density at radius 1 is 1.24 bits per heavy atom. The standard InChI is InChI=1S/C13H12FN3O3S/c14-10-1-3-11(4-2-10)17-12(19)9-7-15-13(16-8-9)21(20)6-5-18/h1-4,7-8,18H,5-6H2,(H,17,19). The van der Waals surface area contributed by atoms with Gasteiger partial charge in [-0.05, 0) is 24.3 Å². The molecule has 21 heavy (non-hydrogen) atoms. The summed E-state index contributed by atoms with van der Waals surface area (Å²) in [6, 6.07) is 5.32. The van der Waals surface area contributed by atoms with Gasteiger partial charge in [0.05, 0.1) is 28.7 Å². The molecule has 0 aliphatic rings. The number of carbonyl (C=O) groups is 1. The van der Waals surface area contributed by atoms with Gasteiger partial charge in [0.25, 0.3) is 5.91 Å². The number of aliphatic hydroxyl groups is 1. The zero-order valence-corrected chi connectivity index (χ0v) is 11.6. The first-order valence-corrected chi connectivity index (χ1v) is 7.30. The number of aliphatic hydroxyl groups excluding tert-OH is 1. The predicted octanol–water partition coefficient (Wildman–Crippen LogP) is 0.968. The zero-order chi connectivity index (χ0) is 15.2. The summed E-state index contributed by atoms with van der Waals surface area (Å²) in [7, 11) is -1.49. The molecule has 0 fully saturated rings. The molecule has 1 aromatic heterocycles. The molecule has 0 bridgehead atoms. The molecule has 0 aliphatic carbocycles. The fraction of sp³-hybridized carbons (Fsp3) is 0.154. The van der Waals surface area contributed by atoms with Crippen molar-refractivity contribution < 1.29 is 18.5 Å². The van der Waals surface area contributed by atoms with E-state index in [9.17, 15) is 13.4 Å². The van der Waals surface area contributed by atoms with Crippen molar-refractivity contribution in [3.8, 4) is 0 Å². The Bertz CT molecular complexity index is 647. The van der Waals surface area contributed by atoms with E-state index in [4.69, 9.17) is 5.11 Å². The quantitative estimate of drug-likeness (QED) is 0.803. The number of hydrogen-bond donors (Lipinski definition) is 2. The van der Waals surface area contributed by atoms with E-state index < -0.39 is 22.5 Å². The minimum atomic E-state index is -1.49. The van der Waals surface area contributed by atoms with Crippen LogP contribution in [0.25, 0.3) is 0 Å². The van der Waals surface area contributed by atoms with Gasteiger partial charge in [-0.1, -0.05) is 0 Å². The van der Waals surface area contributed by atoms with Crippen LogP contribution in [-0.4, -0.2) is 37.6 Å². The number of benzene rings is 1. The number of anilines is 1. The fourth-order valence-electron chi connectivity index (χ4n) is 1.46. The number of aromatic nitrogens is 2. The molecule has 2 aromatic rings. The Labute approximate surface area is 122 Å². The summed E-state index contributed by atoms with van der Waals surface area (Å²) >= 11 is 0. The van der Waals surface area contributed by atoms with Crippen molar-refractivity contribution in [1.29, 1.82) is 0 Å². The third-order valence-electron chi connectivity index (χ3n) is 2.47. The number of rotatable bonds is 5. The van der Waals surface area contributed by atoms with Crippen molar-refractivity contribution in [3.63, 3.8) is 0 Å². The van der Waals surface area contributed by atoms with Gasteiger partial charge in [0.1, 0.15) is 5.82 Å². The molecular weight excluding hydrogens is 297 g/mol. The second kappa shape index (κ2) is 7.00. The largest absolute Gasteiger partial charge is 0.395 e. The van der Waals surface area contributed by atoms with Crippen LogP contribution in [0.4, 0.5) is 10.1 Å². The lowest BCUT2D eigenvalue weighted by Gasteiger charge is -2.05. The maximum atomic E-state index is 12.8. The van der Waals surface area contributed by atoms with Crippen LogP contribution in [0.1, 0.15) is 10.4 Å². The van der Waals surface area contributed by atoms with Crippen molar-refractivity contribution in [2.45, 2.75) is 5.16 Å². The van der Waals surface area contributed by atoms with E-state index in [1.807, 2.05) is 0 Å². The first kappa shape index (κ1) is 15.2. The highest BCUT2D eigenvalue weighted by Crippen LogP contribution is 2.10. The minimum Gasteiger partial charge on any atom is -0.395 e. The van der Waals surface area contributed by atoms with Crippen molar-refractivity contribution in [2.24, 2.45) is 0 Å². The molecule has 2 rings (SSSR count). The number of amides is 1. The molecule has 8 heteroatoms. The van der Waals surface area contributed by atoms with Crippen molar-refractivity contribution in [1.82, 2.24) is 9.97 Å². The van der Waals surface area contributed by atoms with Crippen LogP contribution in [0, 0.1) is 5.82 Å². The third kappa shape index (κ3) is 4.14. The Morgan fingerprint density at radius 2 is 1.86 bits per heavy atom. The molecule has 1 heterocycles. The van der Waals surface area contributed by atoms with Gasteiger partial charge in [0.15, 0.2) is 0 Å². The van der Waals surface area contributed by atoms with E-state index in [0.717, 1.165) is 0 Å². The van der Waals surface area contributed by atoms with E-state index >= 15 is 0 Å². The molecule has 0 spiro atoms. The van der Waals surface area contributed by atoms with Crippen LogP contribution < -0.4 is 5.32 Å². The van der Waals surface area contributed by atoms with Crippen molar-refractivity contribution >= 4 is 22.4 Å². The molecule has 1 amide bonds. The Hall–Kier alpha value is -2.19. The molecule has 6 nitrogen and oxygen atoms in total. The summed E-state index contributed by atoms with van der Waals surface area (Å²) in [4.78, 5) is 19.6. The summed E-state index contributed by atoms with van der Waals surface area (Å²) in [5.74, 6) is -0.811. The second-order valence-corrected chi connectivity index (χ2v) is 5.45. The number of carbonyl (C=O) groups excluding carboxylic acids is 1. The number of nitrogens with zero attached hydrogens (tertiary/aromatic N) is 2. The molecule has 0 radical (unpaired) electrons. The lowest BCUT2D eigenvalue weighted by atomic mass is 10.2. The number of hydrogen-bond acceptors (Lipinski definition) is 5. The van der Waals surface area contributed by atoms with Gasteiger partial charge in [0, 0.05) is 18.1 Å². The second-order valence-electron chi connectivity index (χ2n) is 3.99. The predicted molar refractivity (Wildman–Crippen MR) is 74.7 cm³/mol. The van der Waals surface area contributed by atoms with E-state index in [-0.39, 0.29) is 23.1 Å². The maximum absolute atomic E-state index is 12.8. The van der Waals surface area contributed by atoms with Gasteiger partial charge >= 0.3 is 0 Å². The van der Waals surface area contributed by atoms with Gasteiger partial charge in [-0.2, -0.15) is 0 Å². The van der Waals surface area contributed by atoms with Crippen LogP contribution in [-0.2, 0) is 10.8 Å². The van der Waals surface area contributed by atoms with Crippen LogP contribution in [0.3, 0.4) is 0 Å². The molecule has 0 saturated heterocycles. The van der Waals surface area contributed by atoms with Crippen LogP contribution >= 0.6 is 0 Å². The van der Waals surface area contributed by atoms with Gasteiger partial charge in [-0.3, -0.25) is 9.00 Å². The summed E-state index contributed by atoms with van der Waals surface area (Å²) in [5, 5.41) is 11.3. The van der Waals surface area contributed by atoms with Crippen LogP contribution in [0.15, 0.2) is 41.8 Å². The third-order valence-corrected chi connectivity index (χ3v) is 3.64. The smallest absolute Gasteiger partial charge is 0.258 e. The summed E-state index contributed by atoms with van der Waals surface area (Å²) in [6.45, 7) is -0.233. The summed E-state index contributed by atoms with van der Waals surface area (Å²) < 4.78 is 24.3. The van der Waals surface area contributed by atoms with Crippen LogP contribution in [0.5, 0.6) is 0 Å². The van der Waals surface area contributed by atoms with E-state index in [0.29, 0.717) is 5.69 Å². The van der Waals surface area contributed by atoms with Gasteiger partial charge in [-0.25, -0.2) is 14.4 Å². The highest BCUT2D eigenvalue weighted by molar-refractivity contribution is 7.84. The SMILES string of the molecule is O=C(Nc1ccc(F)cc1)c1cnc(S(=O)CCO)nc1. The van der Waals surface area contributed by atoms with Gasteiger partial charge in [-0.15, -0.1) is 0 Å². The molecule has 1 aromatic carbocycles. The molecule has 1 atom stereocenters. The lowest BCUT2D eigenvalue weighted by molar-refractivity contribution is 0.102. The Morgan fingerprint density at radius 3 is 2.43 bits per heavy atom. The first-order chi connectivity index (χ1) is 10.1. The normalized spacial score (nSPS) is 11.9. The topological polar surface area (TPSA) is 92.2 Å². The maximum Gasteiger partial charge on any atom is 0.258 e. The van der Waals surface area contributed by atoms with Crippen molar-refractivity contribution in [2.75, 3.05) is 17.7 Å². The van der Waals surface area contributed by atoms with E-state index in [1.54, 1.807) is 0 Å². The first-order valence-electron chi connectivity index (χ1n) is 5.98. The van der Waals surface area contributed by atoms with Gasteiger partial charge in [0.2, 0.25) is 5.16 Å². The lowest BCUT2D eigenvalue weighted by Crippen LogP contribution is -2.14. The molecule has 0 aliphatic heterocycles. The fourth-order valence-corrected chi connectivity index (χ4v) is 2.15. The average molecular weight is 309 g/mol. The highest BCUT2D eigenvalue weighted by Gasteiger charge is 2.10. The number of nitrogens with one attached hydrogen (secondary N) is 1. The van der Waals surface area contributed by atoms with Gasteiger partial charge < -0.3 is 10.4 Å². The average Bonchev–Trinajstić information content (AvgIpc) is 2.50. The summed E-state index contributed by atoms with van der Waals surface area (Å²) in [6.07, 6.45) is 2.49. The molecule has 1 unspecified atom stereocenters. The van der Waals surface area contributed by atoms with Crippen molar-refractivity contribution in [3.05, 3.63) is 48.0 Å². The Kier molecular flexibility index (Phi) is 5.07. The van der Waals surface area contributed by atoms with Crippen LogP contribution in [0.2, 0.25) is 0 Å². The molecule has 110 valence electrons. The Balaban J connectivity index is 2.06. The molecular formula is C13H12FN3O3S.